The number of methoxy groups -OCH3 is 1. The third-order valence-electron chi connectivity index (χ3n) is 2.83. The van der Waals surface area contributed by atoms with Gasteiger partial charge in [0.2, 0.25) is 0 Å². The Kier molecular flexibility index (Phi) is 6.22. The highest BCUT2D eigenvalue weighted by Crippen LogP contribution is 2.14. The minimum atomic E-state index is 0.387. The first kappa shape index (κ1) is 14.2. The normalized spacial score (nSPS) is 13.2. The second-order valence-electron chi connectivity index (χ2n) is 4.83. The first-order chi connectivity index (χ1) is 8.19. The molecule has 0 fully saturated rings. The van der Waals surface area contributed by atoms with E-state index in [-0.39, 0.29) is 0 Å². The van der Waals surface area contributed by atoms with Crippen LogP contribution in [-0.2, 0) is 11.3 Å². The molecule has 0 aliphatic heterocycles. The highest BCUT2D eigenvalue weighted by atomic mass is 16.5. The molecule has 0 spiro atoms. The lowest BCUT2D eigenvalue weighted by Crippen LogP contribution is -2.23. The fourth-order valence-corrected chi connectivity index (χ4v) is 1.87. The van der Waals surface area contributed by atoms with E-state index in [0.29, 0.717) is 12.0 Å². The predicted molar refractivity (Wildman–Crippen MR) is 70.0 cm³/mol. The van der Waals surface area contributed by atoms with E-state index in [1.54, 1.807) is 7.11 Å². The summed E-state index contributed by atoms with van der Waals surface area (Å²) in [6, 6.07) is 0.387. The minimum Gasteiger partial charge on any atom is -0.383 e. The molecule has 0 amide bonds. The van der Waals surface area contributed by atoms with Crippen molar-refractivity contribution in [2.45, 2.75) is 39.8 Å². The molecule has 1 atom stereocenters. The quantitative estimate of drug-likeness (QED) is 0.756. The maximum absolute atomic E-state index is 5.25. The van der Waals surface area contributed by atoms with Crippen molar-refractivity contribution in [3.8, 4) is 0 Å². The van der Waals surface area contributed by atoms with Crippen LogP contribution in [0.1, 0.15) is 38.9 Å². The van der Waals surface area contributed by atoms with Gasteiger partial charge >= 0.3 is 0 Å². The van der Waals surface area contributed by atoms with Crippen LogP contribution in [0.15, 0.2) is 12.5 Å². The van der Waals surface area contributed by atoms with Crippen LogP contribution >= 0.6 is 0 Å². The lowest BCUT2D eigenvalue weighted by atomic mass is 10.2. The van der Waals surface area contributed by atoms with E-state index < -0.39 is 0 Å². The molecule has 0 aliphatic carbocycles. The van der Waals surface area contributed by atoms with Crippen LogP contribution in [0.5, 0.6) is 0 Å². The topological polar surface area (TPSA) is 39.1 Å². The van der Waals surface area contributed by atoms with Gasteiger partial charge in [0.15, 0.2) is 0 Å². The van der Waals surface area contributed by atoms with Gasteiger partial charge < -0.3 is 14.6 Å². The molecule has 1 heterocycles. The maximum Gasteiger partial charge on any atom is 0.0952 e. The monoisotopic (exact) mass is 239 g/mol. The fourth-order valence-electron chi connectivity index (χ4n) is 1.87. The lowest BCUT2D eigenvalue weighted by Gasteiger charge is -2.19. The molecular weight excluding hydrogens is 214 g/mol. The highest BCUT2D eigenvalue weighted by molar-refractivity contribution is 5.00. The number of hydrogen-bond donors (Lipinski definition) is 1. The van der Waals surface area contributed by atoms with Crippen LogP contribution in [0.3, 0.4) is 0 Å². The summed E-state index contributed by atoms with van der Waals surface area (Å²) in [4.78, 5) is 4.24. The lowest BCUT2D eigenvalue weighted by molar-refractivity contribution is 0.151. The first-order valence-corrected chi connectivity index (χ1v) is 6.39. The number of imidazole rings is 1. The van der Waals surface area contributed by atoms with E-state index >= 15 is 0 Å². The number of aromatic nitrogens is 2. The van der Waals surface area contributed by atoms with E-state index in [0.717, 1.165) is 26.1 Å². The SMILES string of the molecule is CCC(COC)n1cncc1CNCC(C)C. The molecule has 17 heavy (non-hydrogen) atoms. The Morgan fingerprint density at radius 2 is 2.24 bits per heavy atom. The Hall–Kier alpha value is -0.870. The number of hydrogen-bond acceptors (Lipinski definition) is 3. The largest absolute Gasteiger partial charge is 0.383 e. The van der Waals surface area contributed by atoms with E-state index in [2.05, 4.69) is 35.6 Å². The van der Waals surface area contributed by atoms with Gasteiger partial charge in [0.25, 0.3) is 0 Å². The van der Waals surface area contributed by atoms with Gasteiger partial charge in [-0.3, -0.25) is 0 Å². The standard InChI is InChI=1S/C13H25N3O/c1-5-12(9-17-4)16-10-15-8-13(16)7-14-6-11(2)3/h8,10-12,14H,5-7,9H2,1-4H3. The Morgan fingerprint density at radius 1 is 1.47 bits per heavy atom. The third kappa shape index (κ3) is 4.48. The zero-order valence-electron chi connectivity index (χ0n) is 11.4. The summed E-state index contributed by atoms with van der Waals surface area (Å²) in [6.45, 7) is 9.25. The molecule has 1 N–H and O–H groups in total. The van der Waals surface area contributed by atoms with Crippen LogP contribution in [0, 0.1) is 5.92 Å². The Morgan fingerprint density at radius 3 is 2.82 bits per heavy atom. The minimum absolute atomic E-state index is 0.387. The smallest absolute Gasteiger partial charge is 0.0952 e. The predicted octanol–water partition coefficient (Wildman–Crippen LogP) is 2.23. The zero-order valence-corrected chi connectivity index (χ0v) is 11.4. The van der Waals surface area contributed by atoms with Crippen molar-refractivity contribution < 1.29 is 4.74 Å². The van der Waals surface area contributed by atoms with Crippen LogP contribution in [-0.4, -0.2) is 29.8 Å². The molecule has 0 saturated carbocycles. The first-order valence-electron chi connectivity index (χ1n) is 6.39. The Labute approximate surface area is 104 Å². The Bertz CT molecular complexity index is 309. The third-order valence-corrected chi connectivity index (χ3v) is 2.83. The molecule has 0 saturated heterocycles. The summed E-state index contributed by atoms with van der Waals surface area (Å²) in [6.07, 6.45) is 4.90. The van der Waals surface area contributed by atoms with Gasteiger partial charge in [-0.15, -0.1) is 0 Å². The van der Waals surface area contributed by atoms with Crippen LogP contribution in [0.4, 0.5) is 0 Å². The number of ether oxygens (including phenoxy) is 1. The fraction of sp³-hybridized carbons (Fsp3) is 0.769. The summed E-state index contributed by atoms with van der Waals surface area (Å²) < 4.78 is 7.47. The molecule has 1 rings (SSSR count). The molecule has 4 nitrogen and oxygen atoms in total. The van der Waals surface area contributed by atoms with Crippen molar-refractivity contribution in [2.75, 3.05) is 20.3 Å². The zero-order chi connectivity index (χ0) is 12.7. The van der Waals surface area contributed by atoms with Gasteiger partial charge in [0, 0.05) is 19.9 Å². The van der Waals surface area contributed by atoms with E-state index in [1.165, 1.54) is 5.69 Å². The van der Waals surface area contributed by atoms with Gasteiger partial charge in [0.05, 0.1) is 24.7 Å². The second-order valence-corrected chi connectivity index (χ2v) is 4.83. The molecular formula is C13H25N3O. The van der Waals surface area contributed by atoms with Gasteiger partial charge in [-0.25, -0.2) is 4.98 Å². The highest BCUT2D eigenvalue weighted by Gasteiger charge is 2.11. The molecule has 4 heteroatoms. The molecule has 98 valence electrons. The van der Waals surface area contributed by atoms with Crippen molar-refractivity contribution in [2.24, 2.45) is 5.92 Å². The molecule has 1 aromatic rings. The molecule has 1 unspecified atom stereocenters. The van der Waals surface area contributed by atoms with Crippen molar-refractivity contribution in [3.05, 3.63) is 18.2 Å². The van der Waals surface area contributed by atoms with E-state index in [4.69, 9.17) is 4.74 Å². The maximum atomic E-state index is 5.25. The van der Waals surface area contributed by atoms with Crippen molar-refractivity contribution in [1.29, 1.82) is 0 Å². The summed E-state index contributed by atoms with van der Waals surface area (Å²) >= 11 is 0. The average molecular weight is 239 g/mol. The Balaban J connectivity index is 2.57. The van der Waals surface area contributed by atoms with E-state index in [1.807, 2.05) is 12.5 Å². The van der Waals surface area contributed by atoms with Crippen molar-refractivity contribution >= 4 is 0 Å². The van der Waals surface area contributed by atoms with Crippen LogP contribution < -0.4 is 5.32 Å². The van der Waals surface area contributed by atoms with Gasteiger partial charge in [-0.05, 0) is 18.9 Å². The molecule has 0 aromatic carbocycles. The summed E-state index contributed by atoms with van der Waals surface area (Å²) in [5.41, 5.74) is 1.23. The summed E-state index contributed by atoms with van der Waals surface area (Å²) in [5, 5.41) is 3.45. The molecule has 0 aliphatic rings. The average Bonchev–Trinajstić information content (AvgIpc) is 2.73. The summed E-state index contributed by atoms with van der Waals surface area (Å²) in [5.74, 6) is 0.673. The van der Waals surface area contributed by atoms with E-state index in [9.17, 15) is 0 Å². The number of rotatable bonds is 8. The molecule has 1 aromatic heterocycles. The van der Waals surface area contributed by atoms with Crippen molar-refractivity contribution in [3.63, 3.8) is 0 Å². The molecule has 0 radical (unpaired) electrons. The summed E-state index contributed by atoms with van der Waals surface area (Å²) in [7, 11) is 1.75. The number of nitrogens with zero attached hydrogens (tertiary/aromatic N) is 2. The van der Waals surface area contributed by atoms with Gasteiger partial charge in [-0.1, -0.05) is 20.8 Å². The van der Waals surface area contributed by atoms with Crippen molar-refractivity contribution in [1.82, 2.24) is 14.9 Å². The number of nitrogens with one attached hydrogen (secondary N) is 1. The van der Waals surface area contributed by atoms with Crippen LogP contribution in [0.2, 0.25) is 0 Å². The van der Waals surface area contributed by atoms with Gasteiger partial charge in [-0.2, -0.15) is 0 Å². The van der Waals surface area contributed by atoms with Crippen LogP contribution in [0.25, 0.3) is 0 Å². The molecule has 0 bridgehead atoms. The van der Waals surface area contributed by atoms with Gasteiger partial charge in [0.1, 0.15) is 0 Å². The second kappa shape index (κ2) is 7.45.